The van der Waals surface area contributed by atoms with Crippen LogP contribution in [0.15, 0.2) is 16.8 Å². The number of nitrogens with zero attached hydrogens (tertiary/aromatic N) is 1. The van der Waals surface area contributed by atoms with Crippen LogP contribution in [0.4, 0.5) is 0 Å². The molecule has 0 spiro atoms. The maximum absolute atomic E-state index is 12.5. The number of aliphatic hydroxyl groups excluding tert-OH is 4. The number of ether oxygens (including phenoxy) is 3. The van der Waals surface area contributed by atoms with Crippen molar-refractivity contribution in [2.24, 2.45) is 39.6 Å². The number of carbonyl (C=O) groups excluding carboxylic acids is 1. The quantitative estimate of drug-likeness (QED) is 0.0794. The Morgan fingerprint density at radius 3 is 2.50 bits per heavy atom. The lowest BCUT2D eigenvalue weighted by atomic mass is 9.86. The molecular weight excluding hydrogens is 580 g/mol. The van der Waals surface area contributed by atoms with Gasteiger partial charge < -0.3 is 79.0 Å². The summed E-state index contributed by atoms with van der Waals surface area (Å²) in [5, 5.41) is 53.6. The molecule has 2 aliphatic heterocycles. The number of amides is 1. The molecular formula is C27H54N8O9. The fourth-order valence-corrected chi connectivity index (χ4v) is 5.16. The highest BCUT2D eigenvalue weighted by Crippen LogP contribution is 2.39. The predicted molar refractivity (Wildman–Crippen MR) is 161 cm³/mol. The smallest absolute Gasteiger partial charge is 0.254 e. The molecule has 0 bridgehead atoms. The molecule has 4 rings (SSSR count). The third kappa shape index (κ3) is 11.6. The minimum atomic E-state index is -1.64. The highest BCUT2D eigenvalue weighted by Gasteiger charge is 2.60. The Morgan fingerprint density at radius 2 is 1.91 bits per heavy atom. The van der Waals surface area contributed by atoms with Gasteiger partial charge in [-0.3, -0.25) is 4.79 Å². The topological polar surface area (TPSA) is 312 Å². The molecule has 0 aromatic carbocycles. The number of guanidine groups is 1. The van der Waals surface area contributed by atoms with Gasteiger partial charge in [-0.1, -0.05) is 6.92 Å². The van der Waals surface area contributed by atoms with Crippen molar-refractivity contribution in [3.8, 4) is 0 Å². The van der Waals surface area contributed by atoms with E-state index in [2.05, 4.69) is 21.4 Å². The summed E-state index contributed by atoms with van der Waals surface area (Å²) >= 11 is 0. The van der Waals surface area contributed by atoms with Crippen molar-refractivity contribution in [2.45, 2.75) is 106 Å². The van der Waals surface area contributed by atoms with Crippen LogP contribution in [0.3, 0.4) is 0 Å². The van der Waals surface area contributed by atoms with E-state index in [1.54, 1.807) is 0 Å². The van der Waals surface area contributed by atoms with Crippen LogP contribution in [0, 0.1) is 5.92 Å². The molecule has 11 atom stereocenters. The van der Waals surface area contributed by atoms with Crippen LogP contribution in [0.1, 0.15) is 45.4 Å². The number of nitrogens with one attached hydrogen (secondary N) is 2. The first-order valence-electron chi connectivity index (χ1n) is 15.0. The molecule has 4 aliphatic rings. The monoisotopic (exact) mass is 634 g/mol. The largest absolute Gasteiger partial charge is 0.468 e. The van der Waals surface area contributed by atoms with E-state index in [0.29, 0.717) is 50.6 Å². The molecule has 9 unspecified atom stereocenters. The molecule has 44 heavy (non-hydrogen) atoms. The Hall–Kier alpha value is -2.16. The van der Waals surface area contributed by atoms with E-state index in [1.807, 2.05) is 13.0 Å². The third-order valence-electron chi connectivity index (χ3n) is 7.64. The average molecular weight is 635 g/mol. The lowest BCUT2D eigenvalue weighted by Gasteiger charge is -2.40. The Labute approximate surface area is 258 Å². The molecule has 1 saturated heterocycles. The number of allylic oxidation sites excluding steroid dienone is 1. The van der Waals surface area contributed by atoms with Crippen molar-refractivity contribution in [1.29, 1.82) is 0 Å². The van der Waals surface area contributed by atoms with Gasteiger partial charge in [-0.15, -0.1) is 0 Å². The molecule has 17 heteroatoms. The Kier molecular flexibility index (Phi) is 15.6. The second-order valence-corrected chi connectivity index (χ2v) is 11.7. The van der Waals surface area contributed by atoms with Gasteiger partial charge in [0.2, 0.25) is 0 Å². The van der Waals surface area contributed by atoms with E-state index >= 15 is 0 Å². The summed E-state index contributed by atoms with van der Waals surface area (Å²) in [6.45, 7) is 3.33. The van der Waals surface area contributed by atoms with Gasteiger partial charge in [0.05, 0.1) is 31.9 Å². The lowest BCUT2D eigenvalue weighted by Crippen LogP contribution is -2.58. The summed E-state index contributed by atoms with van der Waals surface area (Å²) < 4.78 is 16.7. The molecule has 2 aliphatic carbocycles. The molecule has 17 nitrogen and oxygen atoms in total. The fourth-order valence-electron chi connectivity index (χ4n) is 5.16. The van der Waals surface area contributed by atoms with Gasteiger partial charge in [0.1, 0.15) is 18.0 Å². The van der Waals surface area contributed by atoms with Crippen LogP contribution >= 0.6 is 0 Å². The predicted octanol–water partition coefficient (Wildman–Crippen LogP) is -4.66. The number of hydrogen-bond acceptors (Lipinski definition) is 14. The summed E-state index contributed by atoms with van der Waals surface area (Å²) in [4.78, 5) is 16.3. The number of aliphatic imine (C=N–C) groups is 1. The number of carbonyl (C=O) groups is 1. The van der Waals surface area contributed by atoms with Crippen molar-refractivity contribution in [3.05, 3.63) is 11.8 Å². The van der Waals surface area contributed by atoms with Gasteiger partial charge in [-0.05, 0) is 44.7 Å². The second-order valence-electron chi connectivity index (χ2n) is 11.7. The first-order chi connectivity index (χ1) is 20.8. The van der Waals surface area contributed by atoms with E-state index in [9.17, 15) is 15.0 Å². The van der Waals surface area contributed by atoms with Crippen LogP contribution in [-0.2, 0) is 19.0 Å². The van der Waals surface area contributed by atoms with Gasteiger partial charge in [-0.2, -0.15) is 0 Å². The summed E-state index contributed by atoms with van der Waals surface area (Å²) in [6, 6.07) is -1.97. The van der Waals surface area contributed by atoms with E-state index in [0.717, 1.165) is 6.42 Å². The van der Waals surface area contributed by atoms with Crippen LogP contribution in [0.25, 0.3) is 0 Å². The van der Waals surface area contributed by atoms with E-state index in [1.165, 1.54) is 7.05 Å². The van der Waals surface area contributed by atoms with Gasteiger partial charge in [0.15, 0.2) is 24.1 Å². The van der Waals surface area contributed by atoms with E-state index in [4.69, 9.17) is 52.5 Å². The minimum Gasteiger partial charge on any atom is -0.468 e. The zero-order valence-electron chi connectivity index (χ0n) is 25.6. The molecule has 256 valence electrons. The van der Waals surface area contributed by atoms with Gasteiger partial charge in [0.25, 0.3) is 5.91 Å². The minimum absolute atomic E-state index is 0.103. The van der Waals surface area contributed by atoms with Crippen molar-refractivity contribution >= 4 is 11.9 Å². The third-order valence-corrected chi connectivity index (χ3v) is 7.64. The summed E-state index contributed by atoms with van der Waals surface area (Å²) in [5.74, 6) is 0.295. The maximum atomic E-state index is 12.5. The average Bonchev–Trinajstić information content (AvgIpc) is 3.63. The lowest BCUT2D eigenvalue weighted by molar-refractivity contribution is -0.198. The zero-order valence-corrected chi connectivity index (χ0v) is 25.6. The molecule has 0 aromatic rings. The molecule has 2 heterocycles. The van der Waals surface area contributed by atoms with Crippen molar-refractivity contribution in [1.82, 2.24) is 10.6 Å². The summed E-state index contributed by atoms with van der Waals surface area (Å²) in [5.41, 5.74) is 25.4. The maximum Gasteiger partial charge on any atom is 0.254 e. The molecule has 1 amide bonds. The Morgan fingerprint density at radius 1 is 1.20 bits per heavy atom. The first-order valence-corrected chi connectivity index (χ1v) is 15.0. The van der Waals surface area contributed by atoms with Crippen molar-refractivity contribution < 1.29 is 44.5 Å². The van der Waals surface area contributed by atoms with E-state index in [-0.39, 0.29) is 31.4 Å². The number of aliphatic hydroxyl groups is 5. The summed E-state index contributed by atoms with van der Waals surface area (Å²) in [7, 11) is 1.50. The molecule has 2 saturated carbocycles. The highest BCUT2D eigenvalue weighted by molar-refractivity contribution is 5.90. The van der Waals surface area contributed by atoms with Gasteiger partial charge in [-0.25, -0.2) is 4.99 Å². The molecule has 0 aromatic heterocycles. The molecule has 17 N–H and O–H groups in total. The zero-order chi connectivity index (χ0) is 33.0. The van der Waals surface area contributed by atoms with Crippen LogP contribution in [-0.4, -0.2) is 131 Å². The number of nitrogens with two attached hydrogens (primary N) is 5. The Bertz CT molecular complexity index is 931. The fraction of sp³-hybridized carbons (Fsp3) is 0.852. The highest BCUT2D eigenvalue weighted by atomic mass is 16.7. The standard InChI is InChI=1S/C20H37N7O6.C6H12O3.CH5N/c21-10(9-28)7-25-8-12-2-1-3-16(32-12)33-17-13(22)4-11(5-14(17)29)26-18(30)20(31)6-15(20)27-19(23)24;1-4-2-5(7)6(8)9-3-4;1-2/h2,10-11,13-17,25,28-29,31H,1,3-9,21-22H2,(H,26,30)(H4,23,24,27);4-8H,2-3H2,1H3;2H2,1H3/t10?,11?,13?,14?,15?,16-,17-,20?;;/m1../s1. The van der Waals surface area contributed by atoms with Crippen molar-refractivity contribution in [3.63, 3.8) is 0 Å². The van der Waals surface area contributed by atoms with Crippen LogP contribution in [0.2, 0.25) is 0 Å². The van der Waals surface area contributed by atoms with Crippen molar-refractivity contribution in [2.75, 3.05) is 33.4 Å². The number of rotatable bonds is 10. The van der Waals surface area contributed by atoms with Crippen LogP contribution < -0.4 is 39.3 Å². The molecule has 3 fully saturated rings. The normalized spacial score (nSPS) is 37.0. The first kappa shape index (κ1) is 38.0. The van der Waals surface area contributed by atoms with E-state index < -0.39 is 60.5 Å². The van der Waals surface area contributed by atoms with Crippen LogP contribution in [0.5, 0.6) is 0 Å². The molecule has 0 radical (unpaired) electrons. The SMILES string of the molecule is CC1COC(O)C(O)C1.CN.NC(N)=NC1CC1(O)C(=O)NC1CC(N)[C@@H](O[C@@H]2CCC=C(CNCC(N)CO)O2)C(O)C1. The Balaban J connectivity index is 0.000000519. The van der Waals surface area contributed by atoms with Gasteiger partial charge >= 0.3 is 0 Å². The second kappa shape index (κ2) is 18.1. The van der Waals surface area contributed by atoms with Gasteiger partial charge in [0, 0.05) is 37.5 Å². The number of hydrogen-bond donors (Lipinski definition) is 12. The summed E-state index contributed by atoms with van der Waals surface area (Å²) in [6.07, 6.45) is 0.929.